The number of benzene rings is 2. The fraction of sp³-hybridized carbons (Fsp3) is 0.263. The maximum absolute atomic E-state index is 13.0. The number of nitro groups is 1. The molecule has 1 unspecified atom stereocenters. The number of hydrogen-bond donors (Lipinski definition) is 1. The number of rotatable bonds is 5. The Kier molecular flexibility index (Phi) is 5.85. The Hall–Kier alpha value is -3.46. The van der Waals surface area contributed by atoms with Gasteiger partial charge in [-0.15, -0.1) is 0 Å². The van der Waals surface area contributed by atoms with Gasteiger partial charge in [0.25, 0.3) is 11.6 Å². The van der Waals surface area contributed by atoms with Gasteiger partial charge in [0.1, 0.15) is 0 Å². The van der Waals surface area contributed by atoms with Gasteiger partial charge in [-0.05, 0) is 6.07 Å². The third-order valence-corrected chi connectivity index (χ3v) is 4.34. The van der Waals surface area contributed by atoms with E-state index >= 15 is 0 Å². The average molecular weight is 385 g/mol. The summed E-state index contributed by atoms with van der Waals surface area (Å²) in [6, 6.07) is 12.1. The Balaban J connectivity index is 1.89. The molecule has 1 saturated heterocycles. The van der Waals surface area contributed by atoms with E-state index in [1.165, 1.54) is 12.1 Å². The summed E-state index contributed by atoms with van der Waals surface area (Å²) in [6.07, 6.45) is -1.19. The van der Waals surface area contributed by atoms with Crippen LogP contribution in [0.2, 0.25) is 0 Å². The molecule has 0 bridgehead atoms. The van der Waals surface area contributed by atoms with Crippen molar-refractivity contribution in [1.82, 2.24) is 4.90 Å². The molecule has 9 heteroatoms. The molecule has 1 fully saturated rings. The van der Waals surface area contributed by atoms with Crippen molar-refractivity contribution in [2.24, 2.45) is 0 Å². The highest BCUT2D eigenvalue weighted by molar-refractivity contribution is 5.97. The maximum Gasteiger partial charge on any atom is 0.341 e. The summed E-state index contributed by atoms with van der Waals surface area (Å²) in [7, 11) is 0. The lowest BCUT2D eigenvalue weighted by Crippen LogP contribution is -2.44. The zero-order chi connectivity index (χ0) is 20.1. The molecule has 0 radical (unpaired) electrons. The molecule has 0 saturated carbocycles. The Morgan fingerprint density at radius 2 is 1.82 bits per heavy atom. The number of hydrogen-bond acceptors (Lipinski definition) is 7. The molecule has 2 aromatic carbocycles. The molecule has 1 amide bonds. The summed E-state index contributed by atoms with van der Waals surface area (Å²) in [5, 5.41) is 11.0. The van der Waals surface area contributed by atoms with Gasteiger partial charge < -0.3 is 20.1 Å². The smallest absolute Gasteiger partial charge is 0.341 e. The van der Waals surface area contributed by atoms with Crippen molar-refractivity contribution >= 4 is 23.3 Å². The van der Waals surface area contributed by atoms with Crippen LogP contribution in [0.3, 0.4) is 0 Å². The van der Waals surface area contributed by atoms with Crippen molar-refractivity contribution in [3.8, 4) is 0 Å². The van der Waals surface area contributed by atoms with Gasteiger partial charge in [-0.3, -0.25) is 14.9 Å². The van der Waals surface area contributed by atoms with Gasteiger partial charge >= 0.3 is 5.97 Å². The molecule has 0 aliphatic carbocycles. The molecule has 2 aromatic rings. The molecule has 0 aromatic heterocycles. The minimum Gasteiger partial charge on any atom is -0.444 e. The van der Waals surface area contributed by atoms with Gasteiger partial charge in [0.2, 0.25) is 6.10 Å². The first-order valence-corrected chi connectivity index (χ1v) is 8.63. The standard InChI is InChI=1S/C19H19N3O6/c20-16-7-6-14(22(25)26)12-15(16)19(24)28-17(13-4-2-1-3-5-13)18(23)21-8-10-27-11-9-21/h1-7,12,17H,8-11,20H2. The number of carbonyl (C=O) groups excluding carboxylic acids is 2. The third-order valence-electron chi connectivity index (χ3n) is 4.34. The predicted molar refractivity (Wildman–Crippen MR) is 99.5 cm³/mol. The molecule has 1 atom stereocenters. The van der Waals surface area contributed by atoms with Crippen molar-refractivity contribution in [2.75, 3.05) is 32.0 Å². The van der Waals surface area contributed by atoms with Crippen LogP contribution >= 0.6 is 0 Å². The van der Waals surface area contributed by atoms with E-state index in [1.807, 2.05) is 0 Å². The van der Waals surface area contributed by atoms with E-state index in [1.54, 1.807) is 35.2 Å². The lowest BCUT2D eigenvalue weighted by Gasteiger charge is -2.30. The number of nitrogens with zero attached hydrogens (tertiary/aromatic N) is 2. The van der Waals surface area contributed by atoms with Gasteiger partial charge in [-0.1, -0.05) is 30.3 Å². The summed E-state index contributed by atoms with van der Waals surface area (Å²) in [5.74, 6) is -1.29. The quantitative estimate of drug-likeness (QED) is 0.361. The van der Waals surface area contributed by atoms with Crippen molar-refractivity contribution < 1.29 is 24.0 Å². The Bertz CT molecular complexity index is 880. The number of ether oxygens (including phenoxy) is 2. The second-order valence-electron chi connectivity index (χ2n) is 6.16. The van der Waals surface area contributed by atoms with Crippen molar-refractivity contribution in [3.05, 3.63) is 69.8 Å². The minimum absolute atomic E-state index is 0.0289. The molecule has 2 N–H and O–H groups in total. The molecule has 28 heavy (non-hydrogen) atoms. The van der Waals surface area contributed by atoms with Gasteiger partial charge in [-0.2, -0.15) is 0 Å². The molecule has 1 heterocycles. The summed E-state index contributed by atoms with van der Waals surface area (Å²) in [6.45, 7) is 1.58. The van der Waals surface area contributed by atoms with Crippen molar-refractivity contribution in [1.29, 1.82) is 0 Å². The van der Waals surface area contributed by atoms with Crippen LogP contribution in [0.1, 0.15) is 22.0 Å². The highest BCUT2D eigenvalue weighted by Crippen LogP contribution is 2.26. The van der Waals surface area contributed by atoms with Crippen LogP contribution in [0.4, 0.5) is 11.4 Å². The zero-order valence-electron chi connectivity index (χ0n) is 14.9. The average Bonchev–Trinajstić information content (AvgIpc) is 2.72. The molecule has 146 valence electrons. The molecular weight excluding hydrogens is 366 g/mol. The van der Waals surface area contributed by atoms with Gasteiger partial charge in [0.15, 0.2) is 0 Å². The number of amides is 1. The molecule has 3 rings (SSSR count). The molecule has 1 aliphatic rings. The molecule has 1 aliphatic heterocycles. The second-order valence-corrected chi connectivity index (χ2v) is 6.16. The monoisotopic (exact) mass is 385 g/mol. The number of nitrogens with two attached hydrogens (primary N) is 1. The number of esters is 1. The third kappa shape index (κ3) is 4.26. The summed E-state index contributed by atoms with van der Waals surface area (Å²) in [4.78, 5) is 37.6. The topological polar surface area (TPSA) is 125 Å². The highest BCUT2D eigenvalue weighted by atomic mass is 16.6. The molecule has 9 nitrogen and oxygen atoms in total. The SMILES string of the molecule is Nc1ccc([N+](=O)[O-])cc1C(=O)OC(C(=O)N1CCOCC1)c1ccccc1. The largest absolute Gasteiger partial charge is 0.444 e. The van der Waals surface area contributed by atoms with Crippen LogP contribution in [0.5, 0.6) is 0 Å². The van der Waals surface area contributed by atoms with Crippen LogP contribution in [-0.2, 0) is 14.3 Å². The van der Waals surface area contributed by atoms with E-state index in [0.717, 1.165) is 6.07 Å². The summed E-state index contributed by atoms with van der Waals surface area (Å²) >= 11 is 0. The van der Waals surface area contributed by atoms with Crippen LogP contribution in [-0.4, -0.2) is 48.0 Å². The van der Waals surface area contributed by atoms with E-state index in [0.29, 0.717) is 31.9 Å². The fourth-order valence-corrected chi connectivity index (χ4v) is 2.84. The number of anilines is 1. The predicted octanol–water partition coefficient (Wildman–Crippen LogP) is 1.93. The molecular formula is C19H19N3O6. The van der Waals surface area contributed by atoms with Crippen molar-refractivity contribution in [3.63, 3.8) is 0 Å². The Morgan fingerprint density at radius 1 is 1.14 bits per heavy atom. The number of non-ortho nitro benzene ring substituents is 1. The van der Waals surface area contributed by atoms with Gasteiger partial charge in [-0.25, -0.2) is 4.79 Å². The second kappa shape index (κ2) is 8.49. The van der Waals surface area contributed by atoms with Gasteiger partial charge in [0, 0.05) is 36.5 Å². The van der Waals surface area contributed by atoms with E-state index < -0.39 is 17.0 Å². The van der Waals surface area contributed by atoms with E-state index in [-0.39, 0.29) is 22.8 Å². The summed E-state index contributed by atoms with van der Waals surface area (Å²) in [5.41, 5.74) is 5.86. The van der Waals surface area contributed by atoms with E-state index in [4.69, 9.17) is 15.2 Å². The molecule has 0 spiro atoms. The van der Waals surface area contributed by atoms with Crippen LogP contribution in [0.15, 0.2) is 48.5 Å². The first kappa shape index (κ1) is 19.3. The number of nitro benzene ring substituents is 1. The number of nitrogen functional groups attached to an aromatic ring is 1. The highest BCUT2D eigenvalue weighted by Gasteiger charge is 2.31. The summed E-state index contributed by atoms with van der Waals surface area (Å²) < 4.78 is 10.7. The zero-order valence-corrected chi connectivity index (χ0v) is 14.9. The minimum atomic E-state index is -1.19. The first-order chi connectivity index (χ1) is 13.5. The first-order valence-electron chi connectivity index (χ1n) is 8.63. The van der Waals surface area contributed by atoms with Gasteiger partial charge in [0.05, 0.1) is 23.7 Å². The lowest BCUT2D eigenvalue weighted by molar-refractivity contribution is -0.384. The fourth-order valence-electron chi connectivity index (χ4n) is 2.84. The maximum atomic E-state index is 13.0. The lowest BCUT2D eigenvalue weighted by atomic mass is 10.1. The normalized spacial score (nSPS) is 14.9. The Morgan fingerprint density at radius 3 is 2.46 bits per heavy atom. The van der Waals surface area contributed by atoms with E-state index in [2.05, 4.69) is 0 Å². The van der Waals surface area contributed by atoms with Crippen LogP contribution < -0.4 is 5.73 Å². The van der Waals surface area contributed by atoms with Crippen LogP contribution in [0.25, 0.3) is 0 Å². The number of morpholine rings is 1. The van der Waals surface area contributed by atoms with E-state index in [9.17, 15) is 19.7 Å². The van der Waals surface area contributed by atoms with Crippen molar-refractivity contribution in [2.45, 2.75) is 6.10 Å². The van der Waals surface area contributed by atoms with Crippen LogP contribution in [0, 0.1) is 10.1 Å². The Labute approximate surface area is 160 Å². The number of carbonyl (C=O) groups is 2.